The summed E-state index contributed by atoms with van der Waals surface area (Å²) < 4.78 is 5.89. The monoisotopic (exact) mass is 490 g/mol. The summed E-state index contributed by atoms with van der Waals surface area (Å²) in [6.07, 6.45) is 1.47. The molecule has 0 aromatic heterocycles. The van der Waals surface area contributed by atoms with Crippen molar-refractivity contribution >= 4 is 69.4 Å². The molecule has 3 rings (SSSR count). The van der Waals surface area contributed by atoms with Gasteiger partial charge in [0.05, 0.1) is 11.3 Å². The number of hydrogen-bond donors (Lipinski definition) is 2. The highest BCUT2D eigenvalue weighted by molar-refractivity contribution is 8.26. The smallest absolute Gasteiger partial charge is 0.305 e. The number of rotatable bonds is 8. The fourth-order valence-corrected chi connectivity index (χ4v) is 4.25. The van der Waals surface area contributed by atoms with E-state index in [1.54, 1.807) is 42.5 Å². The van der Waals surface area contributed by atoms with Gasteiger partial charge in [-0.15, -0.1) is 0 Å². The van der Waals surface area contributed by atoms with Crippen LogP contribution in [0.4, 0.5) is 5.69 Å². The first-order valence-electron chi connectivity index (χ1n) is 9.49. The van der Waals surface area contributed by atoms with Gasteiger partial charge in [-0.25, -0.2) is 0 Å². The maximum atomic E-state index is 12.5. The van der Waals surface area contributed by atoms with Crippen LogP contribution in [0.3, 0.4) is 0 Å². The van der Waals surface area contributed by atoms with Gasteiger partial charge >= 0.3 is 5.97 Å². The average molecular weight is 491 g/mol. The molecule has 0 aliphatic carbocycles. The van der Waals surface area contributed by atoms with Crippen molar-refractivity contribution in [3.8, 4) is 5.75 Å². The third-order valence-corrected chi connectivity index (χ3v) is 6.19. The number of nitrogens with zero attached hydrogens (tertiary/aromatic N) is 1. The summed E-state index contributed by atoms with van der Waals surface area (Å²) in [6.45, 7) is 1.70. The largest absolute Gasteiger partial charge is 0.484 e. The van der Waals surface area contributed by atoms with E-state index in [9.17, 15) is 14.4 Å². The minimum atomic E-state index is -0.998. The Labute approximate surface area is 199 Å². The van der Waals surface area contributed by atoms with Crippen LogP contribution in [0.2, 0.25) is 5.02 Å². The van der Waals surface area contributed by atoms with Crippen molar-refractivity contribution in [2.24, 2.45) is 0 Å². The highest BCUT2D eigenvalue weighted by Crippen LogP contribution is 2.33. The van der Waals surface area contributed by atoms with E-state index in [0.29, 0.717) is 31.2 Å². The summed E-state index contributed by atoms with van der Waals surface area (Å²) in [6, 6.07) is 12.2. The molecular formula is C22H19ClN2O5S2. The van der Waals surface area contributed by atoms with Gasteiger partial charge in [-0.2, -0.15) is 0 Å². The van der Waals surface area contributed by atoms with Crippen LogP contribution in [0.1, 0.15) is 17.5 Å². The van der Waals surface area contributed by atoms with E-state index in [1.807, 2.05) is 13.0 Å². The van der Waals surface area contributed by atoms with Crippen LogP contribution in [0.25, 0.3) is 6.08 Å². The molecule has 1 saturated heterocycles. The number of ether oxygens (including phenoxy) is 1. The molecule has 32 heavy (non-hydrogen) atoms. The first-order chi connectivity index (χ1) is 15.2. The zero-order valence-electron chi connectivity index (χ0n) is 17.0. The molecule has 0 atom stereocenters. The first kappa shape index (κ1) is 23.8. The Morgan fingerprint density at radius 3 is 2.78 bits per heavy atom. The molecule has 1 aliphatic rings. The normalized spacial score (nSPS) is 14.7. The Balaban J connectivity index is 1.61. The topological polar surface area (TPSA) is 95.9 Å². The second kappa shape index (κ2) is 10.6. The highest BCUT2D eigenvalue weighted by Gasteiger charge is 2.32. The van der Waals surface area contributed by atoms with Crippen molar-refractivity contribution in [3.63, 3.8) is 0 Å². The van der Waals surface area contributed by atoms with Gasteiger partial charge in [0.15, 0.2) is 6.61 Å². The number of anilines is 1. The summed E-state index contributed by atoms with van der Waals surface area (Å²) in [5.74, 6) is -1.21. The third kappa shape index (κ3) is 6.32. The minimum Gasteiger partial charge on any atom is -0.484 e. The molecule has 1 fully saturated rings. The van der Waals surface area contributed by atoms with Gasteiger partial charge in [0, 0.05) is 17.3 Å². The summed E-state index contributed by atoms with van der Waals surface area (Å²) in [5, 5.41) is 12.1. The van der Waals surface area contributed by atoms with Crippen molar-refractivity contribution in [2.75, 3.05) is 18.5 Å². The number of amides is 2. The van der Waals surface area contributed by atoms with E-state index in [0.717, 1.165) is 17.3 Å². The summed E-state index contributed by atoms with van der Waals surface area (Å²) in [4.78, 5) is 37.1. The highest BCUT2D eigenvalue weighted by atomic mass is 35.5. The molecule has 0 saturated carbocycles. The lowest BCUT2D eigenvalue weighted by atomic mass is 10.2. The van der Waals surface area contributed by atoms with Crippen LogP contribution in [0.15, 0.2) is 47.4 Å². The first-order valence-corrected chi connectivity index (χ1v) is 11.1. The molecule has 2 aromatic carbocycles. The lowest BCUT2D eigenvalue weighted by Gasteiger charge is -2.12. The molecule has 10 heteroatoms. The lowest BCUT2D eigenvalue weighted by molar-refractivity contribution is -0.137. The number of thioether (sulfide) groups is 1. The number of nitrogens with one attached hydrogen (secondary N) is 1. The number of thiocarbonyl (C=S) groups is 1. The van der Waals surface area contributed by atoms with Crippen molar-refractivity contribution in [1.82, 2.24) is 4.90 Å². The van der Waals surface area contributed by atoms with Crippen LogP contribution in [-0.2, 0) is 14.4 Å². The quantitative estimate of drug-likeness (QED) is 0.419. The summed E-state index contributed by atoms with van der Waals surface area (Å²) in [5.41, 5.74) is 2.18. The van der Waals surface area contributed by atoms with Crippen molar-refractivity contribution in [2.45, 2.75) is 13.3 Å². The molecule has 2 amide bonds. The molecule has 166 valence electrons. The molecule has 7 nitrogen and oxygen atoms in total. The van der Waals surface area contributed by atoms with Gasteiger partial charge in [0.1, 0.15) is 10.1 Å². The fourth-order valence-electron chi connectivity index (χ4n) is 2.76. The van der Waals surface area contributed by atoms with Gasteiger partial charge in [0.25, 0.3) is 11.8 Å². The van der Waals surface area contributed by atoms with Gasteiger partial charge in [-0.05, 0) is 48.4 Å². The number of aliphatic carboxylic acids is 1. The van der Waals surface area contributed by atoms with Gasteiger partial charge in [-0.3, -0.25) is 19.3 Å². The molecule has 2 aromatic rings. The molecule has 1 heterocycles. The molecule has 0 radical (unpaired) electrons. The van der Waals surface area contributed by atoms with Gasteiger partial charge in [0.2, 0.25) is 0 Å². The second-order valence-electron chi connectivity index (χ2n) is 6.85. The lowest BCUT2D eigenvalue weighted by Crippen LogP contribution is -2.30. The number of carboxylic acids is 1. The van der Waals surface area contributed by atoms with Gasteiger partial charge in [-0.1, -0.05) is 53.8 Å². The second-order valence-corrected chi connectivity index (χ2v) is 8.93. The molecular weight excluding hydrogens is 472 g/mol. The number of carbonyl (C=O) groups is 3. The van der Waals surface area contributed by atoms with E-state index in [1.165, 1.54) is 4.90 Å². The van der Waals surface area contributed by atoms with Gasteiger partial charge < -0.3 is 15.2 Å². The number of halogens is 1. The Kier molecular flexibility index (Phi) is 7.89. The zero-order chi connectivity index (χ0) is 23.3. The maximum absolute atomic E-state index is 12.5. The Morgan fingerprint density at radius 2 is 2.06 bits per heavy atom. The third-order valence-electron chi connectivity index (χ3n) is 4.40. The number of carboxylic acid groups (broad SMARTS) is 1. The average Bonchev–Trinajstić information content (AvgIpc) is 3.00. The zero-order valence-corrected chi connectivity index (χ0v) is 19.4. The molecule has 0 spiro atoms. The number of carbonyl (C=O) groups excluding carboxylic acids is 2. The maximum Gasteiger partial charge on any atom is 0.305 e. The van der Waals surface area contributed by atoms with E-state index < -0.39 is 5.97 Å². The predicted octanol–water partition coefficient (Wildman–Crippen LogP) is 4.34. The van der Waals surface area contributed by atoms with E-state index in [4.69, 9.17) is 33.7 Å². The van der Waals surface area contributed by atoms with Crippen LogP contribution < -0.4 is 10.1 Å². The number of aryl methyl sites for hydroxylation is 1. The Bertz CT molecular complexity index is 1120. The summed E-state index contributed by atoms with van der Waals surface area (Å²) in [7, 11) is 0. The van der Waals surface area contributed by atoms with Crippen LogP contribution in [0.5, 0.6) is 5.75 Å². The van der Waals surface area contributed by atoms with Crippen LogP contribution in [-0.4, -0.2) is 45.3 Å². The van der Waals surface area contributed by atoms with Crippen molar-refractivity contribution in [1.29, 1.82) is 0 Å². The van der Waals surface area contributed by atoms with E-state index in [2.05, 4.69) is 5.32 Å². The molecule has 2 N–H and O–H groups in total. The Hall–Kier alpha value is -2.88. The predicted molar refractivity (Wildman–Crippen MR) is 129 cm³/mol. The molecule has 0 bridgehead atoms. The molecule has 1 aliphatic heterocycles. The van der Waals surface area contributed by atoms with Crippen LogP contribution >= 0.6 is 35.6 Å². The fraction of sp³-hybridized carbons (Fsp3) is 0.182. The summed E-state index contributed by atoms with van der Waals surface area (Å²) >= 11 is 12.4. The number of benzene rings is 2. The standard InChI is InChI=1S/C22H19ClN2O5S2/c1-13-5-6-15(11-17(13)23)24-19(26)12-30-16-4-2-3-14(9-16)10-18-21(29)25(22(31)32-18)8-7-20(27)28/h2-6,9-11H,7-8,12H2,1H3,(H,24,26)(H,27,28)/b18-10-. The van der Waals surface area contributed by atoms with Crippen molar-refractivity contribution in [3.05, 3.63) is 63.5 Å². The molecule has 0 unspecified atom stereocenters. The Morgan fingerprint density at radius 1 is 1.28 bits per heavy atom. The van der Waals surface area contributed by atoms with E-state index in [-0.39, 0.29) is 31.4 Å². The van der Waals surface area contributed by atoms with Crippen molar-refractivity contribution < 1.29 is 24.2 Å². The minimum absolute atomic E-state index is 0.0296. The van der Waals surface area contributed by atoms with Crippen LogP contribution in [0, 0.1) is 6.92 Å². The van der Waals surface area contributed by atoms with E-state index >= 15 is 0 Å². The SMILES string of the molecule is Cc1ccc(NC(=O)COc2cccc(/C=C3\SC(=S)N(CCC(=O)O)C3=O)c2)cc1Cl. The number of hydrogen-bond acceptors (Lipinski definition) is 6.